The van der Waals surface area contributed by atoms with Crippen LogP contribution in [0, 0.1) is 11.3 Å². The number of carbonyl (C=O) groups is 1. The maximum Gasteiger partial charge on any atom is 0.307 e. The van der Waals surface area contributed by atoms with Gasteiger partial charge in [0.15, 0.2) is 0 Å². The molecule has 1 aromatic carbocycles. The first kappa shape index (κ1) is 10.8. The molecule has 1 aromatic rings. The van der Waals surface area contributed by atoms with Crippen LogP contribution in [-0.4, -0.2) is 16.2 Å². The number of phenols is 1. The van der Waals surface area contributed by atoms with Crippen LogP contribution in [0.25, 0.3) is 6.08 Å². The van der Waals surface area contributed by atoms with Gasteiger partial charge in [0.1, 0.15) is 5.75 Å². The maximum atomic E-state index is 10.2. The van der Waals surface area contributed by atoms with E-state index in [9.17, 15) is 9.90 Å². The summed E-state index contributed by atoms with van der Waals surface area (Å²) in [5, 5.41) is 26.4. The molecule has 0 aromatic heterocycles. The van der Waals surface area contributed by atoms with Crippen molar-refractivity contribution in [2.45, 2.75) is 6.42 Å². The lowest BCUT2D eigenvalue weighted by molar-refractivity contribution is -0.135. The molecule has 0 amide bonds. The number of carboxylic acid groups (broad SMARTS) is 1. The van der Waals surface area contributed by atoms with E-state index in [4.69, 9.17) is 10.4 Å². The monoisotopic (exact) mass is 203 g/mol. The highest BCUT2D eigenvalue weighted by Gasteiger charge is 1.99. The van der Waals surface area contributed by atoms with E-state index in [-0.39, 0.29) is 12.2 Å². The van der Waals surface area contributed by atoms with E-state index in [1.807, 2.05) is 6.07 Å². The van der Waals surface area contributed by atoms with Gasteiger partial charge in [-0.25, -0.2) is 0 Å². The molecule has 4 nitrogen and oxygen atoms in total. The summed E-state index contributed by atoms with van der Waals surface area (Å²) in [6.45, 7) is 0. The molecule has 0 aliphatic rings. The van der Waals surface area contributed by atoms with Gasteiger partial charge in [-0.2, -0.15) is 5.26 Å². The maximum absolute atomic E-state index is 10.2. The predicted molar refractivity (Wildman–Crippen MR) is 54.1 cm³/mol. The van der Waals surface area contributed by atoms with Crippen molar-refractivity contribution in [1.29, 1.82) is 5.26 Å². The second kappa shape index (κ2) is 4.82. The van der Waals surface area contributed by atoms with Crippen molar-refractivity contribution in [3.05, 3.63) is 35.4 Å². The van der Waals surface area contributed by atoms with Gasteiger partial charge in [0.05, 0.1) is 18.1 Å². The second-order valence-corrected chi connectivity index (χ2v) is 2.89. The molecule has 0 saturated heterocycles. The van der Waals surface area contributed by atoms with Crippen LogP contribution in [0.4, 0.5) is 0 Å². The van der Waals surface area contributed by atoms with Gasteiger partial charge in [-0.15, -0.1) is 0 Å². The summed E-state index contributed by atoms with van der Waals surface area (Å²) in [7, 11) is 0. The smallest absolute Gasteiger partial charge is 0.307 e. The van der Waals surface area contributed by atoms with E-state index in [1.54, 1.807) is 0 Å². The molecule has 15 heavy (non-hydrogen) atoms. The molecule has 0 aliphatic heterocycles. The number of nitriles is 1. The standard InChI is InChI=1S/C11H9NO3/c12-7-8-4-5-10(13)9(6-8)2-1-3-11(14)15/h1-2,4-6,13H,3H2,(H,14,15). The Kier molecular flexibility index (Phi) is 3.47. The van der Waals surface area contributed by atoms with Crippen molar-refractivity contribution in [2.24, 2.45) is 0 Å². The number of hydrogen-bond acceptors (Lipinski definition) is 3. The van der Waals surface area contributed by atoms with Crippen LogP contribution in [0.5, 0.6) is 5.75 Å². The lowest BCUT2D eigenvalue weighted by Crippen LogP contribution is -1.89. The largest absolute Gasteiger partial charge is 0.507 e. The van der Waals surface area contributed by atoms with Crippen molar-refractivity contribution < 1.29 is 15.0 Å². The molecule has 1 rings (SSSR count). The zero-order valence-corrected chi connectivity index (χ0v) is 7.84. The Morgan fingerprint density at radius 2 is 2.27 bits per heavy atom. The minimum absolute atomic E-state index is 0.0237. The molecule has 0 heterocycles. The van der Waals surface area contributed by atoms with Crippen molar-refractivity contribution in [3.8, 4) is 11.8 Å². The topological polar surface area (TPSA) is 81.3 Å². The van der Waals surface area contributed by atoms with Crippen molar-refractivity contribution in [2.75, 3.05) is 0 Å². The van der Waals surface area contributed by atoms with Gasteiger partial charge in [0, 0.05) is 5.56 Å². The number of phenolic OH excluding ortho intramolecular Hbond substituents is 1. The first-order valence-corrected chi connectivity index (χ1v) is 4.25. The van der Waals surface area contributed by atoms with Crippen LogP contribution in [0.15, 0.2) is 24.3 Å². The highest BCUT2D eigenvalue weighted by molar-refractivity contribution is 5.71. The van der Waals surface area contributed by atoms with Gasteiger partial charge in [-0.3, -0.25) is 4.79 Å². The number of nitrogens with zero attached hydrogens (tertiary/aromatic N) is 1. The molecule has 0 spiro atoms. The highest BCUT2D eigenvalue weighted by Crippen LogP contribution is 2.19. The summed E-state index contributed by atoms with van der Waals surface area (Å²) in [5.41, 5.74) is 0.859. The molecular weight excluding hydrogens is 194 g/mol. The first-order chi connectivity index (χ1) is 7.13. The number of aliphatic carboxylic acids is 1. The molecule has 2 N–H and O–H groups in total. The quantitative estimate of drug-likeness (QED) is 0.784. The number of benzene rings is 1. The van der Waals surface area contributed by atoms with Crippen LogP contribution in [0.3, 0.4) is 0 Å². The normalized spacial score (nSPS) is 10.1. The number of aromatic hydroxyl groups is 1. The van der Waals surface area contributed by atoms with Crippen LogP contribution in [-0.2, 0) is 4.79 Å². The zero-order chi connectivity index (χ0) is 11.3. The van der Waals surface area contributed by atoms with Gasteiger partial charge in [0.25, 0.3) is 0 Å². The van der Waals surface area contributed by atoms with E-state index in [2.05, 4.69) is 0 Å². The second-order valence-electron chi connectivity index (χ2n) is 2.89. The third kappa shape index (κ3) is 3.16. The Bertz CT molecular complexity index is 444. The van der Waals surface area contributed by atoms with Gasteiger partial charge in [-0.05, 0) is 18.2 Å². The summed E-state index contributed by atoms with van der Waals surface area (Å²) in [6, 6.07) is 6.32. The first-order valence-electron chi connectivity index (χ1n) is 4.25. The van der Waals surface area contributed by atoms with E-state index in [1.165, 1.54) is 30.4 Å². The van der Waals surface area contributed by atoms with Crippen molar-refractivity contribution in [3.63, 3.8) is 0 Å². The summed E-state index contributed by atoms with van der Waals surface area (Å²) >= 11 is 0. The Morgan fingerprint density at radius 3 is 2.87 bits per heavy atom. The molecule has 0 saturated carbocycles. The lowest BCUT2D eigenvalue weighted by atomic mass is 10.1. The number of rotatable bonds is 3. The summed E-state index contributed by atoms with van der Waals surface area (Å²) < 4.78 is 0. The third-order valence-corrected chi connectivity index (χ3v) is 1.75. The molecule has 4 heteroatoms. The van der Waals surface area contributed by atoms with Crippen LogP contribution < -0.4 is 0 Å². The Labute approximate surface area is 86.7 Å². The predicted octanol–water partition coefficient (Wildman–Crippen LogP) is 1.75. The average molecular weight is 203 g/mol. The molecule has 0 fully saturated rings. The van der Waals surface area contributed by atoms with Crippen molar-refractivity contribution >= 4 is 12.0 Å². The van der Waals surface area contributed by atoms with E-state index >= 15 is 0 Å². The van der Waals surface area contributed by atoms with Gasteiger partial charge in [0.2, 0.25) is 0 Å². The highest BCUT2D eigenvalue weighted by atomic mass is 16.4. The fourth-order valence-electron chi connectivity index (χ4n) is 1.04. The molecule has 0 radical (unpaired) electrons. The van der Waals surface area contributed by atoms with E-state index in [0.29, 0.717) is 11.1 Å². The molecule has 0 aliphatic carbocycles. The molecule has 0 atom stereocenters. The van der Waals surface area contributed by atoms with Crippen LogP contribution in [0.2, 0.25) is 0 Å². The van der Waals surface area contributed by atoms with Gasteiger partial charge >= 0.3 is 5.97 Å². The molecule has 0 unspecified atom stereocenters. The number of carboxylic acids is 1. The van der Waals surface area contributed by atoms with Crippen LogP contribution >= 0.6 is 0 Å². The minimum Gasteiger partial charge on any atom is -0.507 e. The van der Waals surface area contributed by atoms with Gasteiger partial charge in [-0.1, -0.05) is 12.2 Å². The average Bonchev–Trinajstić information content (AvgIpc) is 2.20. The Morgan fingerprint density at radius 1 is 1.53 bits per heavy atom. The SMILES string of the molecule is N#Cc1ccc(O)c(C=CCC(=O)O)c1. The summed E-state index contributed by atoms with van der Waals surface area (Å²) in [6.07, 6.45) is 2.78. The minimum atomic E-state index is -0.942. The number of hydrogen-bond donors (Lipinski definition) is 2. The van der Waals surface area contributed by atoms with Crippen molar-refractivity contribution in [1.82, 2.24) is 0 Å². The molecular formula is C11H9NO3. The van der Waals surface area contributed by atoms with Crippen LogP contribution in [0.1, 0.15) is 17.5 Å². The fourth-order valence-corrected chi connectivity index (χ4v) is 1.04. The summed E-state index contributed by atoms with van der Waals surface area (Å²) in [5.74, 6) is -0.919. The fraction of sp³-hybridized carbons (Fsp3) is 0.0909. The van der Waals surface area contributed by atoms with E-state index < -0.39 is 5.97 Å². The van der Waals surface area contributed by atoms with E-state index in [0.717, 1.165) is 0 Å². The molecule has 0 bridgehead atoms. The zero-order valence-electron chi connectivity index (χ0n) is 7.84. The Balaban J connectivity index is 2.89. The summed E-state index contributed by atoms with van der Waals surface area (Å²) in [4.78, 5) is 10.2. The Hall–Kier alpha value is -2.28. The van der Waals surface area contributed by atoms with Gasteiger partial charge < -0.3 is 10.2 Å². The molecule has 76 valence electrons. The lowest BCUT2D eigenvalue weighted by Gasteiger charge is -1.98. The third-order valence-electron chi connectivity index (χ3n) is 1.75.